The predicted molar refractivity (Wildman–Crippen MR) is 46.2 cm³/mol. The molecule has 4 nitrogen and oxygen atoms in total. The molecular weight excluding hydrogens is 152 g/mol. The number of fused-ring (bicyclic) bond motifs is 1. The van der Waals surface area contributed by atoms with Crippen molar-refractivity contribution in [3.8, 4) is 0 Å². The molecule has 0 saturated heterocycles. The van der Waals surface area contributed by atoms with Gasteiger partial charge in [0.15, 0.2) is 0 Å². The summed E-state index contributed by atoms with van der Waals surface area (Å²) in [4.78, 5) is 4.01. The maximum absolute atomic E-state index is 7.24. The highest BCUT2D eigenvalue weighted by molar-refractivity contribution is 5.99. The Morgan fingerprint density at radius 2 is 2.33 bits per heavy atom. The number of nitrogens with two attached hydrogens (primary N) is 1. The summed E-state index contributed by atoms with van der Waals surface area (Å²) >= 11 is 0. The van der Waals surface area contributed by atoms with Crippen molar-refractivity contribution in [3.63, 3.8) is 0 Å². The van der Waals surface area contributed by atoms with E-state index in [2.05, 4.69) is 4.98 Å². The van der Waals surface area contributed by atoms with Crippen molar-refractivity contribution in [1.29, 1.82) is 5.41 Å². The molecule has 0 amide bonds. The molecule has 12 heavy (non-hydrogen) atoms. The monoisotopic (exact) mass is 160 g/mol. The fourth-order valence-corrected chi connectivity index (χ4v) is 1.15. The van der Waals surface area contributed by atoms with Crippen LogP contribution in [0.5, 0.6) is 0 Å². The standard InChI is InChI=1S/C8H8N4/c9-8(10)7-6-3-1-2-4-12(6)5-11-7/h1-5H,(H3,9,10). The lowest BCUT2D eigenvalue weighted by atomic mass is 10.3. The summed E-state index contributed by atoms with van der Waals surface area (Å²) in [6, 6.07) is 5.67. The Balaban J connectivity index is 2.79. The Hall–Kier alpha value is -1.84. The zero-order valence-electron chi connectivity index (χ0n) is 6.36. The first-order valence-corrected chi connectivity index (χ1v) is 3.55. The van der Waals surface area contributed by atoms with E-state index in [0.717, 1.165) is 5.52 Å². The van der Waals surface area contributed by atoms with Crippen LogP contribution in [0.4, 0.5) is 0 Å². The maximum Gasteiger partial charge on any atom is 0.144 e. The molecule has 0 bridgehead atoms. The molecule has 0 radical (unpaired) electrons. The molecule has 3 N–H and O–H groups in total. The number of amidine groups is 1. The number of hydrogen-bond donors (Lipinski definition) is 2. The summed E-state index contributed by atoms with van der Waals surface area (Å²) in [5, 5.41) is 7.24. The largest absolute Gasteiger partial charge is 0.382 e. The zero-order valence-corrected chi connectivity index (χ0v) is 6.36. The van der Waals surface area contributed by atoms with Gasteiger partial charge in [-0.15, -0.1) is 0 Å². The number of aromatic nitrogens is 2. The smallest absolute Gasteiger partial charge is 0.144 e. The van der Waals surface area contributed by atoms with Crippen molar-refractivity contribution in [1.82, 2.24) is 9.38 Å². The normalized spacial score (nSPS) is 10.3. The minimum Gasteiger partial charge on any atom is -0.382 e. The second-order valence-electron chi connectivity index (χ2n) is 2.50. The molecule has 0 aliphatic rings. The molecule has 0 fully saturated rings. The average molecular weight is 160 g/mol. The van der Waals surface area contributed by atoms with Crippen molar-refractivity contribution in [2.24, 2.45) is 5.73 Å². The van der Waals surface area contributed by atoms with Crippen LogP contribution in [-0.4, -0.2) is 15.2 Å². The molecule has 60 valence electrons. The highest BCUT2D eigenvalue weighted by atomic mass is 15.0. The molecule has 0 aliphatic heterocycles. The molecule has 0 aromatic carbocycles. The van der Waals surface area contributed by atoms with Crippen LogP contribution >= 0.6 is 0 Å². The number of hydrogen-bond acceptors (Lipinski definition) is 2. The van der Waals surface area contributed by atoms with Crippen molar-refractivity contribution in [2.75, 3.05) is 0 Å². The lowest BCUT2D eigenvalue weighted by Gasteiger charge is -1.93. The van der Waals surface area contributed by atoms with Crippen molar-refractivity contribution in [2.45, 2.75) is 0 Å². The number of rotatable bonds is 1. The fourth-order valence-electron chi connectivity index (χ4n) is 1.15. The summed E-state index contributed by atoms with van der Waals surface area (Å²) in [5.74, 6) is 0.00343. The highest BCUT2D eigenvalue weighted by Crippen LogP contribution is 2.07. The quantitative estimate of drug-likeness (QED) is 0.474. The summed E-state index contributed by atoms with van der Waals surface area (Å²) in [7, 11) is 0. The van der Waals surface area contributed by atoms with E-state index < -0.39 is 0 Å². The molecule has 2 aromatic heterocycles. The summed E-state index contributed by atoms with van der Waals surface area (Å²) < 4.78 is 1.83. The Morgan fingerprint density at radius 1 is 1.50 bits per heavy atom. The van der Waals surface area contributed by atoms with Crippen LogP contribution in [-0.2, 0) is 0 Å². The summed E-state index contributed by atoms with van der Waals surface area (Å²) in [6.45, 7) is 0. The van der Waals surface area contributed by atoms with Gasteiger partial charge in [0.05, 0.1) is 5.52 Å². The minimum absolute atomic E-state index is 0.00343. The second kappa shape index (κ2) is 2.34. The van der Waals surface area contributed by atoms with E-state index >= 15 is 0 Å². The van der Waals surface area contributed by atoms with Gasteiger partial charge < -0.3 is 10.1 Å². The first-order chi connectivity index (χ1) is 5.79. The van der Waals surface area contributed by atoms with Gasteiger partial charge in [-0.2, -0.15) is 0 Å². The van der Waals surface area contributed by atoms with E-state index in [-0.39, 0.29) is 5.84 Å². The van der Waals surface area contributed by atoms with E-state index in [1.54, 1.807) is 6.33 Å². The van der Waals surface area contributed by atoms with E-state index in [4.69, 9.17) is 11.1 Å². The third kappa shape index (κ3) is 0.852. The van der Waals surface area contributed by atoms with E-state index in [1.165, 1.54) is 0 Å². The van der Waals surface area contributed by atoms with Gasteiger partial charge in [0.25, 0.3) is 0 Å². The Kier molecular flexibility index (Phi) is 1.33. The lowest BCUT2D eigenvalue weighted by Crippen LogP contribution is -2.11. The third-order valence-corrected chi connectivity index (χ3v) is 1.70. The van der Waals surface area contributed by atoms with Gasteiger partial charge in [0.1, 0.15) is 17.9 Å². The molecule has 2 heterocycles. The SMILES string of the molecule is N=C(N)c1ncn2ccccc12. The van der Waals surface area contributed by atoms with Gasteiger partial charge >= 0.3 is 0 Å². The molecule has 0 spiro atoms. The number of imidazole rings is 1. The maximum atomic E-state index is 7.24. The van der Waals surface area contributed by atoms with Gasteiger partial charge in [-0.25, -0.2) is 4.98 Å². The molecular formula is C8H8N4. The van der Waals surface area contributed by atoms with Crippen LogP contribution in [0.3, 0.4) is 0 Å². The van der Waals surface area contributed by atoms with Crippen molar-refractivity contribution >= 4 is 11.4 Å². The highest BCUT2D eigenvalue weighted by Gasteiger charge is 2.04. The van der Waals surface area contributed by atoms with Crippen LogP contribution in [0.15, 0.2) is 30.7 Å². The van der Waals surface area contributed by atoms with E-state index in [1.807, 2.05) is 28.8 Å². The number of nitrogens with zero attached hydrogens (tertiary/aromatic N) is 2. The van der Waals surface area contributed by atoms with Gasteiger partial charge in [-0.1, -0.05) is 6.07 Å². The van der Waals surface area contributed by atoms with Crippen LogP contribution < -0.4 is 5.73 Å². The van der Waals surface area contributed by atoms with Gasteiger partial charge in [-0.05, 0) is 12.1 Å². The molecule has 2 aromatic rings. The van der Waals surface area contributed by atoms with Crippen LogP contribution in [0.1, 0.15) is 5.69 Å². The number of nitrogens with one attached hydrogen (secondary N) is 1. The molecule has 0 aliphatic carbocycles. The minimum atomic E-state index is 0.00343. The average Bonchev–Trinajstić information content (AvgIpc) is 2.47. The summed E-state index contributed by atoms with van der Waals surface area (Å²) in [6.07, 6.45) is 3.51. The zero-order chi connectivity index (χ0) is 8.55. The van der Waals surface area contributed by atoms with Crippen molar-refractivity contribution < 1.29 is 0 Å². The number of pyridine rings is 1. The molecule has 0 atom stereocenters. The van der Waals surface area contributed by atoms with E-state index in [0.29, 0.717) is 5.69 Å². The second-order valence-corrected chi connectivity index (χ2v) is 2.50. The first-order valence-electron chi connectivity index (χ1n) is 3.55. The van der Waals surface area contributed by atoms with E-state index in [9.17, 15) is 0 Å². The number of nitrogen functional groups attached to an aromatic ring is 1. The third-order valence-electron chi connectivity index (χ3n) is 1.70. The topological polar surface area (TPSA) is 67.2 Å². The molecule has 4 heteroatoms. The van der Waals surface area contributed by atoms with Gasteiger partial charge in [0, 0.05) is 6.20 Å². The van der Waals surface area contributed by atoms with Crippen LogP contribution in [0, 0.1) is 5.41 Å². The van der Waals surface area contributed by atoms with Gasteiger partial charge in [0.2, 0.25) is 0 Å². The fraction of sp³-hybridized carbons (Fsp3) is 0. The summed E-state index contributed by atoms with van der Waals surface area (Å²) in [5.41, 5.74) is 6.74. The Bertz CT molecular complexity index is 429. The predicted octanol–water partition coefficient (Wildman–Crippen LogP) is 0.618. The first kappa shape index (κ1) is 6.84. The van der Waals surface area contributed by atoms with Gasteiger partial charge in [-0.3, -0.25) is 5.41 Å². The Morgan fingerprint density at radius 3 is 3.08 bits per heavy atom. The molecule has 0 saturated carbocycles. The van der Waals surface area contributed by atoms with Crippen LogP contribution in [0.2, 0.25) is 0 Å². The Labute approximate surface area is 69.2 Å². The molecule has 2 rings (SSSR count). The molecule has 0 unspecified atom stereocenters. The lowest BCUT2D eigenvalue weighted by molar-refractivity contribution is 1.15. The van der Waals surface area contributed by atoms with Crippen molar-refractivity contribution in [3.05, 3.63) is 36.4 Å². The van der Waals surface area contributed by atoms with Crippen LogP contribution in [0.25, 0.3) is 5.52 Å².